The summed E-state index contributed by atoms with van der Waals surface area (Å²) >= 11 is 0. The number of ether oxygens (including phenoxy) is 2. The summed E-state index contributed by atoms with van der Waals surface area (Å²) in [6.07, 6.45) is 0. The summed E-state index contributed by atoms with van der Waals surface area (Å²) in [7, 11) is 0. The Morgan fingerprint density at radius 2 is 2.00 bits per heavy atom. The molecule has 0 aliphatic carbocycles. The molecule has 2 aromatic rings. The molecule has 0 bridgehead atoms. The number of benzene rings is 2. The van der Waals surface area contributed by atoms with Crippen molar-refractivity contribution in [1.29, 1.82) is 5.26 Å². The Morgan fingerprint density at radius 1 is 1.15 bits per heavy atom. The van der Waals surface area contributed by atoms with Crippen molar-refractivity contribution in [2.45, 2.75) is 6.54 Å². The highest BCUT2D eigenvalue weighted by Crippen LogP contribution is 2.34. The monoisotopic (exact) mass is 270 g/mol. The lowest BCUT2D eigenvalue weighted by Crippen LogP contribution is -2.02. The van der Waals surface area contributed by atoms with Crippen LogP contribution in [0.25, 0.3) is 0 Å². The number of anilines is 1. The largest absolute Gasteiger partial charge is 0.454 e. The van der Waals surface area contributed by atoms with Crippen molar-refractivity contribution >= 4 is 5.69 Å². The van der Waals surface area contributed by atoms with Crippen molar-refractivity contribution in [3.05, 3.63) is 53.3 Å². The number of nitrogens with zero attached hydrogens (tertiary/aromatic N) is 1. The molecule has 1 aliphatic heterocycles. The molecular formula is C15H11FN2O2. The molecule has 0 saturated carbocycles. The third kappa shape index (κ3) is 2.36. The van der Waals surface area contributed by atoms with E-state index in [1.807, 2.05) is 12.1 Å². The van der Waals surface area contributed by atoms with Gasteiger partial charge in [0.25, 0.3) is 0 Å². The number of rotatable bonds is 3. The number of fused-ring (bicyclic) bond motifs is 1. The molecule has 1 aliphatic rings. The van der Waals surface area contributed by atoms with Crippen LogP contribution in [-0.2, 0) is 6.54 Å². The molecule has 0 amide bonds. The average Bonchev–Trinajstić information content (AvgIpc) is 2.94. The molecule has 20 heavy (non-hydrogen) atoms. The van der Waals surface area contributed by atoms with E-state index in [0.29, 0.717) is 29.2 Å². The Bertz CT molecular complexity index is 695. The van der Waals surface area contributed by atoms with Gasteiger partial charge >= 0.3 is 0 Å². The van der Waals surface area contributed by atoms with Gasteiger partial charge in [-0.1, -0.05) is 0 Å². The molecule has 0 aromatic heterocycles. The number of hydrogen-bond donors (Lipinski definition) is 1. The van der Waals surface area contributed by atoms with Gasteiger partial charge in [0.05, 0.1) is 11.6 Å². The van der Waals surface area contributed by atoms with Crippen LogP contribution in [0.3, 0.4) is 0 Å². The van der Waals surface area contributed by atoms with E-state index in [1.165, 1.54) is 18.2 Å². The standard InChI is InChI=1S/C15H11FN2O2/c16-13-3-1-10(7-17)5-11(13)8-18-12-2-4-14-15(6-12)20-9-19-14/h1-6,18H,8-9H2. The molecule has 3 rings (SSSR count). The smallest absolute Gasteiger partial charge is 0.231 e. The van der Waals surface area contributed by atoms with Crippen LogP contribution in [0.1, 0.15) is 11.1 Å². The van der Waals surface area contributed by atoms with E-state index in [9.17, 15) is 4.39 Å². The molecule has 0 unspecified atom stereocenters. The van der Waals surface area contributed by atoms with E-state index in [0.717, 1.165) is 5.69 Å². The first-order valence-corrected chi connectivity index (χ1v) is 6.08. The summed E-state index contributed by atoms with van der Waals surface area (Å²) in [6, 6.07) is 11.7. The van der Waals surface area contributed by atoms with E-state index >= 15 is 0 Å². The fraction of sp³-hybridized carbons (Fsp3) is 0.133. The normalized spacial score (nSPS) is 12.0. The van der Waals surface area contributed by atoms with Gasteiger partial charge in [0.2, 0.25) is 6.79 Å². The molecule has 0 saturated heterocycles. The van der Waals surface area contributed by atoms with Crippen molar-refractivity contribution in [2.75, 3.05) is 12.1 Å². The number of halogens is 1. The van der Waals surface area contributed by atoms with Crippen LogP contribution < -0.4 is 14.8 Å². The first-order chi connectivity index (χ1) is 9.76. The van der Waals surface area contributed by atoms with E-state index < -0.39 is 0 Å². The molecule has 0 fully saturated rings. The zero-order chi connectivity index (χ0) is 13.9. The summed E-state index contributed by atoms with van der Waals surface area (Å²) in [5.74, 6) is 1.03. The van der Waals surface area contributed by atoms with E-state index in [-0.39, 0.29) is 12.6 Å². The van der Waals surface area contributed by atoms with Crippen molar-refractivity contribution in [3.63, 3.8) is 0 Å². The third-order valence-corrected chi connectivity index (χ3v) is 3.03. The van der Waals surface area contributed by atoms with Gasteiger partial charge in [-0.15, -0.1) is 0 Å². The fourth-order valence-electron chi connectivity index (χ4n) is 1.98. The van der Waals surface area contributed by atoms with E-state index in [2.05, 4.69) is 5.32 Å². The second-order valence-corrected chi connectivity index (χ2v) is 4.34. The number of nitrogens with one attached hydrogen (secondary N) is 1. The lowest BCUT2D eigenvalue weighted by molar-refractivity contribution is 0.174. The lowest BCUT2D eigenvalue weighted by atomic mass is 10.1. The molecule has 0 atom stereocenters. The Morgan fingerprint density at radius 3 is 2.85 bits per heavy atom. The maximum Gasteiger partial charge on any atom is 0.231 e. The van der Waals surface area contributed by atoms with Gasteiger partial charge in [-0.2, -0.15) is 5.26 Å². The van der Waals surface area contributed by atoms with Gasteiger partial charge in [0.15, 0.2) is 11.5 Å². The van der Waals surface area contributed by atoms with E-state index in [4.69, 9.17) is 14.7 Å². The molecule has 2 aromatic carbocycles. The first-order valence-electron chi connectivity index (χ1n) is 6.08. The maximum atomic E-state index is 13.6. The molecule has 0 spiro atoms. The second kappa shape index (κ2) is 5.10. The molecule has 5 heteroatoms. The summed E-state index contributed by atoms with van der Waals surface area (Å²) in [6.45, 7) is 0.513. The quantitative estimate of drug-likeness (QED) is 0.931. The van der Waals surface area contributed by atoms with Gasteiger partial charge in [-0.25, -0.2) is 4.39 Å². The Hall–Kier alpha value is -2.74. The Kier molecular flexibility index (Phi) is 3.13. The van der Waals surface area contributed by atoms with Crippen LogP contribution in [0.5, 0.6) is 11.5 Å². The predicted octanol–water partition coefficient (Wildman–Crippen LogP) is 3.04. The highest BCUT2D eigenvalue weighted by Gasteiger charge is 2.13. The van der Waals surface area contributed by atoms with Crippen molar-refractivity contribution in [2.24, 2.45) is 0 Å². The van der Waals surface area contributed by atoms with Crippen LogP contribution >= 0.6 is 0 Å². The molecule has 0 radical (unpaired) electrons. The number of hydrogen-bond acceptors (Lipinski definition) is 4. The van der Waals surface area contributed by atoms with Crippen LogP contribution in [0.2, 0.25) is 0 Å². The zero-order valence-corrected chi connectivity index (χ0v) is 10.5. The summed E-state index contributed by atoms with van der Waals surface area (Å²) in [4.78, 5) is 0. The zero-order valence-electron chi connectivity index (χ0n) is 10.5. The molecule has 4 nitrogen and oxygen atoms in total. The Labute approximate surface area is 115 Å². The van der Waals surface area contributed by atoms with Crippen molar-refractivity contribution in [3.8, 4) is 17.6 Å². The van der Waals surface area contributed by atoms with Gasteiger partial charge in [0.1, 0.15) is 5.82 Å². The summed E-state index contributed by atoms with van der Waals surface area (Å²) in [5.41, 5.74) is 1.69. The van der Waals surface area contributed by atoms with Gasteiger partial charge in [-0.3, -0.25) is 0 Å². The maximum absolute atomic E-state index is 13.6. The predicted molar refractivity (Wildman–Crippen MR) is 71.0 cm³/mol. The number of nitriles is 1. The fourth-order valence-corrected chi connectivity index (χ4v) is 1.98. The van der Waals surface area contributed by atoms with Crippen LogP contribution in [-0.4, -0.2) is 6.79 Å². The van der Waals surface area contributed by atoms with Crippen LogP contribution in [0, 0.1) is 17.1 Å². The van der Waals surface area contributed by atoms with Gasteiger partial charge < -0.3 is 14.8 Å². The first kappa shape index (κ1) is 12.3. The third-order valence-electron chi connectivity index (χ3n) is 3.03. The van der Waals surface area contributed by atoms with E-state index in [1.54, 1.807) is 12.1 Å². The minimum absolute atomic E-state index is 0.220. The SMILES string of the molecule is N#Cc1ccc(F)c(CNc2ccc3c(c2)OCO3)c1. The van der Waals surface area contributed by atoms with Crippen molar-refractivity contribution < 1.29 is 13.9 Å². The highest BCUT2D eigenvalue weighted by molar-refractivity contribution is 5.55. The minimum Gasteiger partial charge on any atom is -0.454 e. The molecular weight excluding hydrogens is 259 g/mol. The minimum atomic E-state index is -0.336. The summed E-state index contributed by atoms with van der Waals surface area (Å²) in [5, 5.41) is 11.9. The summed E-state index contributed by atoms with van der Waals surface area (Å²) < 4.78 is 24.1. The van der Waals surface area contributed by atoms with Gasteiger partial charge in [0, 0.05) is 23.9 Å². The average molecular weight is 270 g/mol. The molecule has 100 valence electrons. The Balaban J connectivity index is 1.75. The molecule has 1 heterocycles. The molecule has 1 N–H and O–H groups in total. The van der Waals surface area contributed by atoms with Crippen LogP contribution in [0.15, 0.2) is 36.4 Å². The van der Waals surface area contributed by atoms with Crippen molar-refractivity contribution in [1.82, 2.24) is 0 Å². The highest BCUT2D eigenvalue weighted by atomic mass is 19.1. The second-order valence-electron chi connectivity index (χ2n) is 4.34. The van der Waals surface area contributed by atoms with Gasteiger partial charge in [-0.05, 0) is 30.3 Å². The topological polar surface area (TPSA) is 54.3 Å². The van der Waals surface area contributed by atoms with Crippen LogP contribution in [0.4, 0.5) is 10.1 Å². The lowest BCUT2D eigenvalue weighted by Gasteiger charge is -2.08.